The van der Waals surface area contributed by atoms with Crippen LogP contribution in [-0.4, -0.2) is 37.3 Å². The standard InChI is InChI=1S/C21H23ClN2O3S/c1-2-27-10-4-9-23-21(26)16-7-8-19-18(12-16)24(20(25)14-28-19)13-15-5-3-6-17(22)11-15/h3,5-8,11-12H,2,4,9-10,13-14H2,1H3,(H,23,26). The molecule has 3 rings (SSSR count). The molecule has 7 heteroatoms. The van der Waals surface area contributed by atoms with Gasteiger partial charge < -0.3 is 15.0 Å². The van der Waals surface area contributed by atoms with Crippen molar-refractivity contribution in [2.45, 2.75) is 24.8 Å². The second kappa shape index (κ2) is 9.96. The molecule has 0 spiro atoms. The topological polar surface area (TPSA) is 58.6 Å². The SMILES string of the molecule is CCOCCCNC(=O)c1ccc2c(c1)N(Cc1cccc(Cl)c1)C(=O)CS2. The van der Waals surface area contributed by atoms with Crippen molar-refractivity contribution in [1.29, 1.82) is 0 Å². The Bertz CT molecular complexity index is 859. The van der Waals surface area contributed by atoms with Crippen LogP contribution in [0.3, 0.4) is 0 Å². The van der Waals surface area contributed by atoms with Crippen LogP contribution in [0.5, 0.6) is 0 Å². The monoisotopic (exact) mass is 418 g/mol. The van der Waals surface area contributed by atoms with Crippen LogP contribution in [0, 0.1) is 0 Å². The van der Waals surface area contributed by atoms with Crippen LogP contribution in [0.15, 0.2) is 47.4 Å². The lowest BCUT2D eigenvalue weighted by molar-refractivity contribution is -0.116. The van der Waals surface area contributed by atoms with Gasteiger partial charge in [0.1, 0.15) is 0 Å². The Balaban J connectivity index is 1.75. The van der Waals surface area contributed by atoms with E-state index in [9.17, 15) is 9.59 Å². The van der Waals surface area contributed by atoms with Crippen LogP contribution < -0.4 is 10.2 Å². The molecule has 1 heterocycles. The highest BCUT2D eigenvalue weighted by Gasteiger charge is 2.26. The molecule has 1 N–H and O–H groups in total. The van der Waals surface area contributed by atoms with Gasteiger partial charge in [0.2, 0.25) is 5.91 Å². The van der Waals surface area contributed by atoms with Crippen molar-refractivity contribution in [3.05, 3.63) is 58.6 Å². The Morgan fingerprint density at radius 3 is 2.93 bits per heavy atom. The van der Waals surface area contributed by atoms with Crippen LogP contribution in [-0.2, 0) is 16.1 Å². The molecule has 2 aromatic carbocycles. The van der Waals surface area contributed by atoms with E-state index in [1.54, 1.807) is 23.1 Å². The number of ether oxygens (including phenoxy) is 1. The number of thioether (sulfide) groups is 1. The van der Waals surface area contributed by atoms with E-state index in [1.807, 2.05) is 31.2 Å². The third-order valence-corrected chi connectivity index (χ3v) is 5.63. The molecule has 0 radical (unpaired) electrons. The smallest absolute Gasteiger partial charge is 0.251 e. The zero-order valence-corrected chi connectivity index (χ0v) is 17.3. The highest BCUT2D eigenvalue weighted by molar-refractivity contribution is 8.00. The van der Waals surface area contributed by atoms with Crippen LogP contribution in [0.25, 0.3) is 0 Å². The molecule has 28 heavy (non-hydrogen) atoms. The van der Waals surface area contributed by atoms with Crippen molar-refractivity contribution in [2.24, 2.45) is 0 Å². The number of hydrogen-bond acceptors (Lipinski definition) is 4. The molecule has 5 nitrogen and oxygen atoms in total. The van der Waals surface area contributed by atoms with Crippen molar-refractivity contribution < 1.29 is 14.3 Å². The normalized spacial score (nSPS) is 13.4. The van der Waals surface area contributed by atoms with E-state index in [4.69, 9.17) is 16.3 Å². The largest absolute Gasteiger partial charge is 0.382 e. The number of halogens is 1. The molecule has 0 aliphatic carbocycles. The van der Waals surface area contributed by atoms with Gasteiger partial charge in [0, 0.05) is 35.2 Å². The second-order valence-corrected chi connectivity index (χ2v) is 7.84. The van der Waals surface area contributed by atoms with Crippen LogP contribution >= 0.6 is 23.4 Å². The van der Waals surface area contributed by atoms with Gasteiger partial charge >= 0.3 is 0 Å². The molecule has 1 aliphatic rings. The summed E-state index contributed by atoms with van der Waals surface area (Å²) in [5, 5.41) is 3.54. The van der Waals surface area contributed by atoms with Gasteiger partial charge in [-0.05, 0) is 49.2 Å². The minimum Gasteiger partial charge on any atom is -0.382 e. The van der Waals surface area contributed by atoms with Crippen molar-refractivity contribution in [3.8, 4) is 0 Å². The summed E-state index contributed by atoms with van der Waals surface area (Å²) in [5.41, 5.74) is 2.26. The summed E-state index contributed by atoms with van der Waals surface area (Å²) in [4.78, 5) is 27.8. The average Bonchev–Trinajstić information content (AvgIpc) is 2.69. The Morgan fingerprint density at radius 2 is 2.14 bits per heavy atom. The Hall–Kier alpha value is -2.02. The van der Waals surface area contributed by atoms with E-state index in [-0.39, 0.29) is 11.8 Å². The first-order valence-electron chi connectivity index (χ1n) is 9.26. The van der Waals surface area contributed by atoms with E-state index in [1.165, 1.54) is 11.8 Å². The number of fused-ring (bicyclic) bond motifs is 1. The maximum absolute atomic E-state index is 12.6. The number of nitrogens with zero attached hydrogens (tertiary/aromatic N) is 1. The van der Waals surface area contributed by atoms with Gasteiger partial charge in [-0.3, -0.25) is 9.59 Å². The van der Waals surface area contributed by atoms with Gasteiger partial charge in [-0.1, -0.05) is 23.7 Å². The lowest BCUT2D eigenvalue weighted by Gasteiger charge is -2.29. The van der Waals surface area contributed by atoms with E-state index in [0.29, 0.717) is 42.6 Å². The van der Waals surface area contributed by atoms with E-state index < -0.39 is 0 Å². The van der Waals surface area contributed by atoms with E-state index >= 15 is 0 Å². The number of carbonyl (C=O) groups excluding carboxylic acids is 2. The van der Waals surface area contributed by atoms with Gasteiger partial charge in [0.25, 0.3) is 5.91 Å². The number of nitrogens with one attached hydrogen (secondary N) is 1. The van der Waals surface area contributed by atoms with Gasteiger partial charge in [-0.25, -0.2) is 0 Å². The van der Waals surface area contributed by atoms with Crippen molar-refractivity contribution in [2.75, 3.05) is 30.4 Å². The lowest BCUT2D eigenvalue weighted by Crippen LogP contribution is -2.35. The first kappa shape index (κ1) is 20.7. The molecule has 0 fully saturated rings. The summed E-state index contributed by atoms with van der Waals surface area (Å²) in [7, 11) is 0. The van der Waals surface area contributed by atoms with Crippen molar-refractivity contribution in [3.63, 3.8) is 0 Å². The summed E-state index contributed by atoms with van der Waals surface area (Å²) in [6, 6.07) is 13.0. The first-order chi connectivity index (χ1) is 13.6. The van der Waals surface area contributed by atoms with Gasteiger partial charge in [0.05, 0.1) is 18.0 Å². The molecule has 0 saturated heterocycles. The van der Waals surface area contributed by atoms with Crippen molar-refractivity contribution >= 4 is 40.9 Å². The van der Waals surface area contributed by atoms with Crippen LogP contribution in [0.4, 0.5) is 5.69 Å². The lowest BCUT2D eigenvalue weighted by atomic mass is 10.1. The fourth-order valence-corrected chi connectivity index (χ4v) is 4.09. The summed E-state index contributed by atoms with van der Waals surface area (Å²) in [6.07, 6.45) is 0.764. The number of benzene rings is 2. The minimum atomic E-state index is -0.148. The van der Waals surface area contributed by atoms with Crippen LogP contribution in [0.2, 0.25) is 5.02 Å². The minimum absolute atomic E-state index is 0.0201. The summed E-state index contributed by atoms with van der Waals surface area (Å²) in [5.74, 6) is 0.257. The molecule has 2 amide bonds. The maximum Gasteiger partial charge on any atom is 0.251 e. The van der Waals surface area contributed by atoms with E-state index in [0.717, 1.165) is 22.6 Å². The quantitative estimate of drug-likeness (QED) is 0.654. The zero-order valence-electron chi connectivity index (χ0n) is 15.7. The molecule has 1 aliphatic heterocycles. The fraction of sp³-hybridized carbons (Fsp3) is 0.333. The number of rotatable bonds is 8. The van der Waals surface area contributed by atoms with Gasteiger partial charge in [-0.2, -0.15) is 0 Å². The highest BCUT2D eigenvalue weighted by atomic mass is 35.5. The third kappa shape index (κ3) is 5.28. The molecule has 0 aromatic heterocycles. The molecule has 148 valence electrons. The number of anilines is 1. The zero-order chi connectivity index (χ0) is 19.9. The second-order valence-electron chi connectivity index (χ2n) is 6.39. The van der Waals surface area contributed by atoms with E-state index in [2.05, 4.69) is 5.32 Å². The Morgan fingerprint density at radius 1 is 1.29 bits per heavy atom. The predicted octanol–water partition coefficient (Wildman–Crippen LogP) is 4.14. The molecule has 0 atom stereocenters. The Kier molecular flexibility index (Phi) is 7.36. The van der Waals surface area contributed by atoms with Crippen molar-refractivity contribution in [1.82, 2.24) is 5.32 Å². The summed E-state index contributed by atoms with van der Waals surface area (Å²) < 4.78 is 5.28. The fourth-order valence-electron chi connectivity index (χ4n) is 2.96. The molecule has 0 saturated carbocycles. The highest BCUT2D eigenvalue weighted by Crippen LogP contribution is 2.37. The molecular formula is C21H23ClN2O3S. The first-order valence-corrected chi connectivity index (χ1v) is 10.6. The number of hydrogen-bond donors (Lipinski definition) is 1. The molecule has 0 bridgehead atoms. The third-order valence-electron chi connectivity index (χ3n) is 4.35. The number of amides is 2. The predicted molar refractivity (Wildman–Crippen MR) is 113 cm³/mol. The van der Waals surface area contributed by atoms with Gasteiger partial charge in [-0.15, -0.1) is 11.8 Å². The molecule has 2 aromatic rings. The molecular weight excluding hydrogens is 396 g/mol. The molecule has 0 unspecified atom stereocenters. The summed E-state index contributed by atoms with van der Waals surface area (Å²) >= 11 is 7.57. The van der Waals surface area contributed by atoms with Crippen LogP contribution in [0.1, 0.15) is 29.3 Å². The summed E-state index contributed by atoms with van der Waals surface area (Å²) in [6.45, 7) is 4.22. The Labute approximate surface area is 174 Å². The maximum atomic E-state index is 12.6. The van der Waals surface area contributed by atoms with Gasteiger partial charge in [0.15, 0.2) is 0 Å². The number of carbonyl (C=O) groups is 2. The average molecular weight is 419 g/mol.